The van der Waals surface area contributed by atoms with Crippen LogP contribution in [0.15, 0.2) is 46.7 Å². The summed E-state index contributed by atoms with van der Waals surface area (Å²) in [5.74, 6) is -0.739. The SMILES string of the molecule is CC(C)[C@H](NC(=O)CN(C)S(=O)(=O)c1ccc(F)cc1)c1cccs1. The van der Waals surface area contributed by atoms with Gasteiger partial charge in [-0.05, 0) is 41.6 Å². The van der Waals surface area contributed by atoms with Crippen LogP contribution in [0.2, 0.25) is 0 Å². The second-order valence-electron chi connectivity index (χ2n) is 6.02. The molecule has 1 heterocycles. The quantitative estimate of drug-likeness (QED) is 0.798. The Labute approximate surface area is 151 Å². The highest BCUT2D eigenvalue weighted by atomic mass is 32.2. The van der Waals surface area contributed by atoms with Crippen LogP contribution < -0.4 is 5.32 Å². The van der Waals surface area contributed by atoms with Crippen LogP contribution in [0.3, 0.4) is 0 Å². The van der Waals surface area contributed by atoms with E-state index in [1.54, 1.807) is 11.3 Å². The highest BCUT2D eigenvalue weighted by Gasteiger charge is 2.25. The highest BCUT2D eigenvalue weighted by Crippen LogP contribution is 2.25. The molecular weight excluding hydrogens is 363 g/mol. The molecule has 0 aliphatic heterocycles. The Kier molecular flexibility index (Phi) is 6.31. The lowest BCUT2D eigenvalue weighted by Gasteiger charge is -2.23. The number of thiophene rings is 1. The van der Waals surface area contributed by atoms with E-state index >= 15 is 0 Å². The van der Waals surface area contributed by atoms with Crippen molar-refractivity contribution in [2.24, 2.45) is 5.92 Å². The highest BCUT2D eigenvalue weighted by molar-refractivity contribution is 7.89. The summed E-state index contributed by atoms with van der Waals surface area (Å²) in [6, 6.07) is 8.19. The molecule has 0 spiro atoms. The molecule has 2 aromatic rings. The fourth-order valence-electron chi connectivity index (χ4n) is 2.33. The molecule has 25 heavy (non-hydrogen) atoms. The van der Waals surface area contributed by atoms with Gasteiger partial charge in [-0.25, -0.2) is 12.8 Å². The Bertz CT molecular complexity index is 803. The molecule has 0 aliphatic carbocycles. The van der Waals surface area contributed by atoms with E-state index in [1.165, 1.54) is 19.2 Å². The van der Waals surface area contributed by atoms with Crippen molar-refractivity contribution >= 4 is 27.3 Å². The Morgan fingerprint density at radius 2 is 1.88 bits per heavy atom. The fourth-order valence-corrected chi connectivity index (χ4v) is 4.40. The first-order valence-electron chi connectivity index (χ1n) is 7.76. The molecule has 1 atom stereocenters. The molecule has 0 radical (unpaired) electrons. The van der Waals surface area contributed by atoms with Crippen LogP contribution in [0.5, 0.6) is 0 Å². The second kappa shape index (κ2) is 8.07. The minimum atomic E-state index is -3.85. The third kappa shape index (κ3) is 4.87. The zero-order chi connectivity index (χ0) is 18.6. The minimum Gasteiger partial charge on any atom is -0.347 e. The molecule has 1 aromatic carbocycles. The number of carbonyl (C=O) groups is 1. The predicted molar refractivity (Wildman–Crippen MR) is 96.3 cm³/mol. The Hall–Kier alpha value is -1.77. The zero-order valence-electron chi connectivity index (χ0n) is 14.3. The third-order valence-electron chi connectivity index (χ3n) is 3.72. The van der Waals surface area contributed by atoms with Crippen molar-refractivity contribution in [2.75, 3.05) is 13.6 Å². The summed E-state index contributed by atoms with van der Waals surface area (Å²) in [7, 11) is -2.53. The van der Waals surface area contributed by atoms with Crippen molar-refractivity contribution < 1.29 is 17.6 Å². The number of sulfonamides is 1. The fraction of sp³-hybridized carbons (Fsp3) is 0.353. The molecule has 136 valence electrons. The monoisotopic (exact) mass is 384 g/mol. The maximum Gasteiger partial charge on any atom is 0.243 e. The summed E-state index contributed by atoms with van der Waals surface area (Å²) in [5, 5.41) is 4.82. The summed E-state index contributed by atoms with van der Waals surface area (Å²) in [5.41, 5.74) is 0. The van der Waals surface area contributed by atoms with Gasteiger partial charge in [-0.3, -0.25) is 4.79 Å². The Morgan fingerprint density at radius 3 is 2.40 bits per heavy atom. The lowest BCUT2D eigenvalue weighted by molar-refractivity contribution is -0.122. The average Bonchev–Trinajstić information content (AvgIpc) is 3.06. The van der Waals surface area contributed by atoms with Gasteiger partial charge in [0.25, 0.3) is 0 Å². The van der Waals surface area contributed by atoms with Gasteiger partial charge in [0.15, 0.2) is 0 Å². The number of hydrogen-bond acceptors (Lipinski definition) is 4. The lowest BCUT2D eigenvalue weighted by Crippen LogP contribution is -2.40. The standard InChI is InChI=1S/C17H21FN2O3S2/c1-12(2)17(15-5-4-10-24-15)19-16(21)11-20(3)25(22,23)14-8-6-13(18)7-9-14/h4-10,12,17H,11H2,1-3H3,(H,19,21)/t17-/m0/s1. The maximum absolute atomic E-state index is 13.0. The molecule has 1 N–H and O–H groups in total. The number of benzene rings is 1. The van der Waals surface area contributed by atoms with Gasteiger partial charge in [0.2, 0.25) is 15.9 Å². The van der Waals surface area contributed by atoms with Gasteiger partial charge in [-0.15, -0.1) is 11.3 Å². The van der Waals surface area contributed by atoms with E-state index < -0.39 is 15.8 Å². The zero-order valence-corrected chi connectivity index (χ0v) is 15.9. The smallest absolute Gasteiger partial charge is 0.243 e. The number of amides is 1. The second-order valence-corrected chi connectivity index (χ2v) is 9.04. The molecule has 0 saturated heterocycles. The van der Waals surface area contributed by atoms with Gasteiger partial charge in [-0.2, -0.15) is 4.31 Å². The van der Waals surface area contributed by atoms with Crippen LogP contribution in [-0.2, 0) is 14.8 Å². The van der Waals surface area contributed by atoms with E-state index in [-0.39, 0.29) is 29.3 Å². The molecule has 1 aromatic heterocycles. The summed E-state index contributed by atoms with van der Waals surface area (Å²) in [6.07, 6.45) is 0. The van der Waals surface area contributed by atoms with Gasteiger partial charge in [0.05, 0.1) is 17.5 Å². The molecule has 1 amide bonds. The van der Waals surface area contributed by atoms with E-state index in [2.05, 4.69) is 5.32 Å². The number of hydrogen-bond donors (Lipinski definition) is 1. The van der Waals surface area contributed by atoms with Crippen molar-refractivity contribution in [3.8, 4) is 0 Å². The van der Waals surface area contributed by atoms with Gasteiger partial charge in [0.1, 0.15) is 5.82 Å². The Balaban J connectivity index is 2.07. The summed E-state index contributed by atoms with van der Waals surface area (Å²) in [6.45, 7) is 3.67. The number of carbonyl (C=O) groups excluding carboxylic acids is 1. The van der Waals surface area contributed by atoms with Gasteiger partial charge < -0.3 is 5.32 Å². The first-order chi connectivity index (χ1) is 11.7. The molecule has 5 nitrogen and oxygen atoms in total. The summed E-state index contributed by atoms with van der Waals surface area (Å²) < 4.78 is 38.8. The first-order valence-corrected chi connectivity index (χ1v) is 10.1. The first kappa shape index (κ1) is 19.6. The van der Waals surface area contributed by atoms with Crippen molar-refractivity contribution in [2.45, 2.75) is 24.8 Å². The average molecular weight is 384 g/mol. The largest absolute Gasteiger partial charge is 0.347 e. The number of nitrogens with one attached hydrogen (secondary N) is 1. The van der Waals surface area contributed by atoms with Crippen LogP contribution in [0.4, 0.5) is 4.39 Å². The van der Waals surface area contributed by atoms with Crippen LogP contribution in [0, 0.1) is 11.7 Å². The number of likely N-dealkylation sites (N-methyl/N-ethyl adjacent to an activating group) is 1. The summed E-state index contributed by atoms with van der Waals surface area (Å²) >= 11 is 1.54. The molecular formula is C17H21FN2O3S2. The van der Waals surface area contributed by atoms with Crippen molar-refractivity contribution in [1.82, 2.24) is 9.62 Å². The number of nitrogens with zero attached hydrogens (tertiary/aromatic N) is 1. The lowest BCUT2D eigenvalue weighted by atomic mass is 10.0. The van der Waals surface area contributed by atoms with Crippen LogP contribution in [0.25, 0.3) is 0 Å². The maximum atomic E-state index is 13.0. The van der Waals surface area contributed by atoms with Crippen LogP contribution >= 0.6 is 11.3 Å². The van der Waals surface area contributed by atoms with Crippen molar-refractivity contribution in [3.05, 3.63) is 52.5 Å². The Morgan fingerprint density at radius 1 is 1.24 bits per heavy atom. The predicted octanol–water partition coefficient (Wildman–Crippen LogP) is 3.02. The summed E-state index contributed by atoms with van der Waals surface area (Å²) in [4.78, 5) is 13.3. The molecule has 2 rings (SSSR count). The normalized spacial score (nSPS) is 13.2. The van der Waals surface area contributed by atoms with E-state index in [1.807, 2.05) is 31.4 Å². The molecule has 0 saturated carbocycles. The number of halogens is 1. The molecule has 0 aliphatic rings. The van der Waals surface area contributed by atoms with E-state index in [4.69, 9.17) is 0 Å². The van der Waals surface area contributed by atoms with Crippen LogP contribution in [-0.4, -0.2) is 32.2 Å². The molecule has 8 heteroatoms. The number of rotatable bonds is 7. The topological polar surface area (TPSA) is 66.5 Å². The van der Waals surface area contributed by atoms with Crippen molar-refractivity contribution in [3.63, 3.8) is 0 Å². The molecule has 0 fully saturated rings. The van der Waals surface area contributed by atoms with E-state index in [9.17, 15) is 17.6 Å². The van der Waals surface area contributed by atoms with Crippen LogP contribution in [0.1, 0.15) is 24.8 Å². The van der Waals surface area contributed by atoms with Gasteiger partial charge in [0, 0.05) is 11.9 Å². The van der Waals surface area contributed by atoms with Gasteiger partial charge in [-0.1, -0.05) is 19.9 Å². The molecule has 0 unspecified atom stereocenters. The van der Waals surface area contributed by atoms with E-state index in [0.29, 0.717) is 0 Å². The third-order valence-corrected chi connectivity index (χ3v) is 6.49. The minimum absolute atomic E-state index is 0.0529. The van der Waals surface area contributed by atoms with Gasteiger partial charge >= 0.3 is 0 Å². The van der Waals surface area contributed by atoms with Crippen molar-refractivity contribution in [1.29, 1.82) is 0 Å². The molecule has 0 bridgehead atoms. The van der Waals surface area contributed by atoms with E-state index in [0.717, 1.165) is 21.3 Å².